The summed E-state index contributed by atoms with van der Waals surface area (Å²) in [5.41, 5.74) is 0. The molecule has 0 radical (unpaired) electrons. The van der Waals surface area contributed by atoms with Gasteiger partial charge < -0.3 is 9.84 Å². The SMILES string of the molecule is O=C1C[C@H]2O/C(=C/CSc3ccc(O)cc3)CN12. The first-order valence-corrected chi connectivity index (χ1v) is 6.78. The van der Waals surface area contributed by atoms with Crippen molar-refractivity contribution in [2.45, 2.75) is 17.5 Å². The number of carbonyl (C=O) groups excluding carboxylic acids is 1. The Balaban J connectivity index is 1.52. The number of phenols is 1. The van der Waals surface area contributed by atoms with Crippen LogP contribution in [0.25, 0.3) is 0 Å². The normalized spacial score (nSPS) is 23.8. The molecule has 94 valence electrons. The van der Waals surface area contributed by atoms with Gasteiger partial charge in [-0.2, -0.15) is 0 Å². The molecule has 1 amide bonds. The van der Waals surface area contributed by atoms with Crippen LogP contribution in [0.5, 0.6) is 5.75 Å². The van der Waals surface area contributed by atoms with Gasteiger partial charge in [-0.3, -0.25) is 9.69 Å². The number of fused-ring (bicyclic) bond motifs is 1. The molecule has 0 spiro atoms. The number of carbonyl (C=O) groups is 1. The summed E-state index contributed by atoms with van der Waals surface area (Å²) >= 11 is 1.67. The van der Waals surface area contributed by atoms with Gasteiger partial charge in [-0.05, 0) is 30.3 Å². The summed E-state index contributed by atoms with van der Waals surface area (Å²) in [7, 11) is 0. The predicted molar refractivity (Wildman–Crippen MR) is 68.1 cm³/mol. The monoisotopic (exact) mass is 263 g/mol. The Hall–Kier alpha value is -1.62. The van der Waals surface area contributed by atoms with Crippen molar-refractivity contribution >= 4 is 17.7 Å². The first kappa shape index (κ1) is 11.5. The van der Waals surface area contributed by atoms with Crippen molar-refractivity contribution in [1.82, 2.24) is 4.90 Å². The zero-order valence-electron chi connectivity index (χ0n) is 9.70. The summed E-state index contributed by atoms with van der Waals surface area (Å²) in [5, 5.41) is 9.17. The van der Waals surface area contributed by atoms with Crippen LogP contribution in [0, 0.1) is 0 Å². The Kier molecular flexibility index (Phi) is 2.91. The van der Waals surface area contributed by atoms with Crippen molar-refractivity contribution < 1.29 is 14.6 Å². The van der Waals surface area contributed by atoms with Crippen LogP contribution >= 0.6 is 11.8 Å². The smallest absolute Gasteiger partial charge is 0.231 e. The summed E-state index contributed by atoms with van der Waals surface area (Å²) < 4.78 is 5.60. The number of amides is 1. The molecule has 2 heterocycles. The van der Waals surface area contributed by atoms with Crippen LogP contribution in [0.3, 0.4) is 0 Å². The topological polar surface area (TPSA) is 49.8 Å². The summed E-state index contributed by atoms with van der Waals surface area (Å²) in [6.45, 7) is 0.611. The Morgan fingerprint density at radius 2 is 2.22 bits per heavy atom. The van der Waals surface area contributed by atoms with Gasteiger partial charge in [0.1, 0.15) is 11.5 Å². The van der Waals surface area contributed by atoms with E-state index in [4.69, 9.17) is 9.84 Å². The summed E-state index contributed by atoms with van der Waals surface area (Å²) in [4.78, 5) is 14.0. The molecule has 0 saturated carbocycles. The summed E-state index contributed by atoms with van der Waals surface area (Å²) in [5.74, 6) is 2.14. The average Bonchev–Trinajstić information content (AvgIpc) is 2.69. The van der Waals surface area contributed by atoms with Gasteiger partial charge in [0.25, 0.3) is 0 Å². The number of rotatable bonds is 3. The molecule has 2 aliphatic heterocycles. The molecule has 1 aromatic carbocycles. The number of thioether (sulfide) groups is 1. The third-order valence-electron chi connectivity index (χ3n) is 3.03. The molecule has 0 aromatic heterocycles. The second-order valence-electron chi connectivity index (χ2n) is 4.27. The van der Waals surface area contributed by atoms with E-state index in [9.17, 15) is 4.79 Å². The van der Waals surface area contributed by atoms with E-state index in [1.54, 1.807) is 28.8 Å². The highest BCUT2D eigenvalue weighted by Gasteiger charge is 2.43. The molecule has 0 unspecified atom stereocenters. The van der Waals surface area contributed by atoms with Crippen LogP contribution in [0.4, 0.5) is 0 Å². The van der Waals surface area contributed by atoms with Gasteiger partial charge in [-0.1, -0.05) is 0 Å². The second-order valence-corrected chi connectivity index (χ2v) is 5.37. The number of β-lactam (4-membered cyclic amide) rings is 1. The highest BCUT2D eigenvalue weighted by molar-refractivity contribution is 7.99. The van der Waals surface area contributed by atoms with Crippen molar-refractivity contribution in [2.24, 2.45) is 0 Å². The van der Waals surface area contributed by atoms with E-state index in [1.807, 2.05) is 18.2 Å². The zero-order valence-corrected chi connectivity index (χ0v) is 10.5. The molecule has 3 rings (SSSR count). The van der Waals surface area contributed by atoms with Gasteiger partial charge in [0.05, 0.1) is 13.0 Å². The average molecular weight is 263 g/mol. The molecule has 2 fully saturated rings. The van der Waals surface area contributed by atoms with Crippen LogP contribution < -0.4 is 0 Å². The molecule has 2 aliphatic rings. The van der Waals surface area contributed by atoms with Crippen molar-refractivity contribution in [3.8, 4) is 5.75 Å². The Bertz CT molecular complexity index is 497. The standard InChI is InChI=1S/C13H13NO3S/c15-9-1-3-11(4-2-9)18-6-5-10-8-14-12(16)7-13(14)17-10/h1-5,13,15H,6-8H2/b10-5+/t13-/m1/s1. The minimum atomic E-state index is -0.0116. The van der Waals surface area contributed by atoms with Crippen LogP contribution in [0.1, 0.15) is 6.42 Å². The number of benzene rings is 1. The van der Waals surface area contributed by atoms with Crippen LogP contribution in [-0.2, 0) is 9.53 Å². The molecule has 5 heteroatoms. The maximum atomic E-state index is 11.2. The minimum Gasteiger partial charge on any atom is -0.508 e. The van der Waals surface area contributed by atoms with Crippen molar-refractivity contribution in [3.63, 3.8) is 0 Å². The van der Waals surface area contributed by atoms with Gasteiger partial charge in [0.2, 0.25) is 5.91 Å². The molecular weight excluding hydrogens is 250 g/mol. The number of nitrogens with zero attached hydrogens (tertiary/aromatic N) is 1. The van der Waals surface area contributed by atoms with E-state index in [0.717, 1.165) is 16.4 Å². The number of aromatic hydroxyl groups is 1. The van der Waals surface area contributed by atoms with Gasteiger partial charge in [-0.15, -0.1) is 11.8 Å². The van der Waals surface area contributed by atoms with Gasteiger partial charge >= 0.3 is 0 Å². The number of phenolic OH excluding ortho intramolecular Hbond substituents is 1. The molecular formula is C13H13NO3S. The molecule has 2 saturated heterocycles. The number of ether oxygens (including phenoxy) is 1. The molecule has 1 N–H and O–H groups in total. The number of hydrogen-bond donors (Lipinski definition) is 1. The largest absolute Gasteiger partial charge is 0.508 e. The molecule has 0 bridgehead atoms. The van der Waals surface area contributed by atoms with E-state index in [-0.39, 0.29) is 17.9 Å². The Morgan fingerprint density at radius 1 is 1.44 bits per heavy atom. The minimum absolute atomic E-state index is 0.0116. The van der Waals surface area contributed by atoms with Crippen LogP contribution in [0.15, 0.2) is 41.0 Å². The van der Waals surface area contributed by atoms with E-state index in [1.165, 1.54) is 0 Å². The molecule has 0 aliphatic carbocycles. The highest BCUT2D eigenvalue weighted by Crippen LogP contribution is 2.31. The second kappa shape index (κ2) is 4.57. The molecule has 1 atom stereocenters. The fourth-order valence-electron chi connectivity index (χ4n) is 1.99. The van der Waals surface area contributed by atoms with Crippen molar-refractivity contribution in [1.29, 1.82) is 0 Å². The van der Waals surface area contributed by atoms with E-state index in [0.29, 0.717) is 13.0 Å². The molecule has 4 nitrogen and oxygen atoms in total. The van der Waals surface area contributed by atoms with Crippen LogP contribution in [0.2, 0.25) is 0 Å². The predicted octanol–water partition coefficient (Wildman–Crippen LogP) is 1.96. The van der Waals surface area contributed by atoms with Gasteiger partial charge in [0.15, 0.2) is 6.23 Å². The highest BCUT2D eigenvalue weighted by atomic mass is 32.2. The molecule has 1 aromatic rings. The maximum Gasteiger partial charge on any atom is 0.231 e. The zero-order chi connectivity index (χ0) is 12.5. The van der Waals surface area contributed by atoms with E-state index >= 15 is 0 Å². The van der Waals surface area contributed by atoms with Gasteiger partial charge in [0, 0.05) is 10.6 Å². The summed E-state index contributed by atoms with van der Waals surface area (Å²) in [6.07, 6.45) is 2.52. The fraction of sp³-hybridized carbons (Fsp3) is 0.308. The Labute approximate surface area is 109 Å². The quantitative estimate of drug-likeness (QED) is 0.669. The lowest BCUT2D eigenvalue weighted by molar-refractivity contribution is -0.154. The number of hydrogen-bond acceptors (Lipinski definition) is 4. The van der Waals surface area contributed by atoms with E-state index in [2.05, 4.69) is 0 Å². The first-order chi connectivity index (χ1) is 8.72. The fourth-order valence-corrected chi connectivity index (χ4v) is 2.78. The first-order valence-electron chi connectivity index (χ1n) is 5.79. The van der Waals surface area contributed by atoms with Crippen molar-refractivity contribution in [2.75, 3.05) is 12.3 Å². The third-order valence-corrected chi connectivity index (χ3v) is 3.97. The molecule has 18 heavy (non-hydrogen) atoms. The Morgan fingerprint density at radius 3 is 2.89 bits per heavy atom. The summed E-state index contributed by atoms with van der Waals surface area (Å²) in [6, 6.07) is 7.10. The lowest BCUT2D eigenvalue weighted by Gasteiger charge is -2.30. The lowest BCUT2D eigenvalue weighted by Crippen LogP contribution is -2.48. The van der Waals surface area contributed by atoms with Gasteiger partial charge in [-0.25, -0.2) is 0 Å². The third kappa shape index (κ3) is 2.18. The van der Waals surface area contributed by atoms with E-state index < -0.39 is 0 Å². The maximum absolute atomic E-state index is 11.2. The van der Waals surface area contributed by atoms with Crippen molar-refractivity contribution in [3.05, 3.63) is 36.1 Å². The lowest BCUT2D eigenvalue weighted by atomic mass is 10.2. The van der Waals surface area contributed by atoms with Crippen LogP contribution in [-0.4, -0.2) is 34.4 Å².